The second-order valence-corrected chi connectivity index (χ2v) is 20.5. The van der Waals surface area contributed by atoms with Crippen LogP contribution >= 0.6 is 0 Å². The molecule has 2 nitrogen and oxygen atoms in total. The van der Waals surface area contributed by atoms with Gasteiger partial charge in [-0.25, -0.2) is 0 Å². The molecule has 60 heavy (non-hydrogen) atoms. The van der Waals surface area contributed by atoms with Gasteiger partial charge in [0.2, 0.25) is 0 Å². The third-order valence-electron chi connectivity index (χ3n) is 14.5. The lowest BCUT2D eigenvalue weighted by Crippen LogP contribution is -2.21. The van der Waals surface area contributed by atoms with E-state index in [1.165, 1.54) is 104 Å². The molecule has 3 aliphatic carbocycles. The predicted molar refractivity (Wildman–Crippen MR) is 253 cm³/mol. The van der Waals surface area contributed by atoms with Crippen LogP contribution in [0.25, 0.3) is 55.3 Å². The summed E-state index contributed by atoms with van der Waals surface area (Å²) in [5.74, 6) is 0. The summed E-state index contributed by atoms with van der Waals surface area (Å²) in [4.78, 5) is 2.53. The highest BCUT2D eigenvalue weighted by Crippen LogP contribution is 2.59. The van der Waals surface area contributed by atoms with Crippen LogP contribution in [0.15, 0.2) is 144 Å². The zero-order valence-electron chi connectivity index (χ0n) is 36.5. The van der Waals surface area contributed by atoms with Crippen LogP contribution in [-0.2, 0) is 21.7 Å². The van der Waals surface area contributed by atoms with E-state index in [-0.39, 0.29) is 21.7 Å². The number of furan rings is 1. The van der Waals surface area contributed by atoms with Crippen LogP contribution in [0.4, 0.5) is 17.1 Å². The number of hydrogen-bond donors (Lipinski definition) is 0. The molecule has 0 radical (unpaired) electrons. The summed E-state index contributed by atoms with van der Waals surface area (Å²) < 4.78 is 7.40. The van der Waals surface area contributed by atoms with Crippen molar-refractivity contribution >= 4 is 39.0 Å². The van der Waals surface area contributed by atoms with Crippen LogP contribution in [0.2, 0.25) is 0 Å². The van der Waals surface area contributed by atoms with Crippen molar-refractivity contribution in [2.45, 2.75) is 103 Å². The smallest absolute Gasteiger partial charge is 0.159 e. The summed E-state index contributed by atoms with van der Waals surface area (Å²) in [7, 11) is 0. The normalized spacial score (nSPS) is 16.0. The summed E-state index contributed by atoms with van der Waals surface area (Å²) in [5, 5.41) is 2.33. The maximum atomic E-state index is 7.40. The Hall–Kier alpha value is -5.86. The van der Waals surface area contributed by atoms with E-state index in [2.05, 4.69) is 200 Å². The first-order chi connectivity index (χ1) is 28.7. The molecule has 7 aromatic carbocycles. The Kier molecular flexibility index (Phi) is 7.94. The Morgan fingerprint density at radius 1 is 0.483 bits per heavy atom. The number of fused-ring (bicyclic) bond motifs is 11. The van der Waals surface area contributed by atoms with E-state index in [4.69, 9.17) is 4.42 Å². The topological polar surface area (TPSA) is 16.4 Å². The van der Waals surface area contributed by atoms with E-state index in [0.717, 1.165) is 27.9 Å². The largest absolute Gasteiger partial charge is 0.454 e. The fourth-order valence-corrected chi connectivity index (χ4v) is 11.3. The van der Waals surface area contributed by atoms with E-state index in [1.54, 1.807) is 0 Å². The van der Waals surface area contributed by atoms with Gasteiger partial charge in [-0.15, -0.1) is 0 Å². The highest BCUT2D eigenvalue weighted by atomic mass is 16.3. The van der Waals surface area contributed by atoms with Crippen LogP contribution in [0.5, 0.6) is 0 Å². The molecule has 1 spiro atoms. The molecule has 0 N–H and O–H groups in total. The second kappa shape index (κ2) is 12.8. The lowest BCUT2D eigenvalue weighted by Gasteiger charge is -2.31. The van der Waals surface area contributed by atoms with E-state index in [1.807, 2.05) is 0 Å². The van der Waals surface area contributed by atoms with Gasteiger partial charge in [-0.3, -0.25) is 0 Å². The number of nitrogens with zero attached hydrogens (tertiary/aromatic N) is 1. The van der Waals surface area contributed by atoms with Gasteiger partial charge in [0.1, 0.15) is 5.58 Å². The van der Waals surface area contributed by atoms with Gasteiger partial charge in [-0.1, -0.05) is 165 Å². The zero-order valence-corrected chi connectivity index (χ0v) is 36.5. The fourth-order valence-electron chi connectivity index (χ4n) is 11.3. The van der Waals surface area contributed by atoms with Gasteiger partial charge in [-0.05, 0) is 127 Å². The van der Waals surface area contributed by atoms with Gasteiger partial charge < -0.3 is 9.32 Å². The molecule has 0 aliphatic heterocycles. The zero-order chi connectivity index (χ0) is 41.3. The van der Waals surface area contributed by atoms with Crippen molar-refractivity contribution in [1.82, 2.24) is 0 Å². The molecule has 298 valence electrons. The van der Waals surface area contributed by atoms with Crippen molar-refractivity contribution in [3.8, 4) is 33.4 Å². The maximum Gasteiger partial charge on any atom is 0.159 e. The molecule has 8 aromatic rings. The molecule has 0 atom stereocenters. The summed E-state index contributed by atoms with van der Waals surface area (Å²) in [6.45, 7) is 18.7. The monoisotopic (exact) mass is 781 g/mol. The third-order valence-corrected chi connectivity index (χ3v) is 14.5. The molecule has 0 amide bonds. The van der Waals surface area contributed by atoms with Gasteiger partial charge in [-0.2, -0.15) is 0 Å². The van der Waals surface area contributed by atoms with E-state index in [9.17, 15) is 0 Å². The number of rotatable bonds is 4. The lowest BCUT2D eigenvalue weighted by atomic mass is 9.76. The molecule has 0 saturated heterocycles. The molecular formula is C58H55NO. The van der Waals surface area contributed by atoms with Crippen LogP contribution in [0, 0.1) is 0 Å². The molecule has 1 fully saturated rings. The first-order valence-corrected chi connectivity index (χ1v) is 22.1. The molecule has 1 saturated carbocycles. The van der Waals surface area contributed by atoms with Crippen LogP contribution in [-0.4, -0.2) is 0 Å². The van der Waals surface area contributed by atoms with Crippen molar-refractivity contribution in [2.24, 2.45) is 0 Å². The van der Waals surface area contributed by atoms with Crippen molar-refractivity contribution in [3.05, 3.63) is 173 Å². The number of anilines is 3. The van der Waals surface area contributed by atoms with E-state index in [0.29, 0.717) is 0 Å². The Bertz CT molecular complexity index is 3030. The Balaban J connectivity index is 1.24. The molecule has 0 unspecified atom stereocenters. The van der Waals surface area contributed by atoms with E-state index < -0.39 is 0 Å². The quantitative estimate of drug-likeness (QED) is 0.177. The Morgan fingerprint density at radius 3 is 1.72 bits per heavy atom. The molecule has 11 rings (SSSR count). The molecule has 2 heteroatoms. The molecule has 0 bridgehead atoms. The van der Waals surface area contributed by atoms with Crippen LogP contribution in [0.3, 0.4) is 0 Å². The lowest BCUT2D eigenvalue weighted by molar-refractivity contribution is 0.550. The third kappa shape index (κ3) is 5.38. The molecular weight excluding hydrogens is 727 g/mol. The van der Waals surface area contributed by atoms with E-state index >= 15 is 0 Å². The molecule has 1 heterocycles. The highest BCUT2D eigenvalue weighted by molar-refractivity contribution is 6.13. The van der Waals surface area contributed by atoms with Crippen molar-refractivity contribution in [3.63, 3.8) is 0 Å². The first kappa shape index (κ1) is 37.2. The summed E-state index contributed by atoms with van der Waals surface area (Å²) in [6, 6.07) is 53.2. The van der Waals surface area contributed by atoms with Crippen LogP contribution in [0.1, 0.15) is 114 Å². The molecule has 3 aliphatic rings. The second-order valence-electron chi connectivity index (χ2n) is 20.5. The average Bonchev–Trinajstić information content (AvgIpc) is 4.00. The minimum absolute atomic E-state index is 0.0311. The fraction of sp³-hybridized carbons (Fsp3) is 0.276. The number of hydrogen-bond acceptors (Lipinski definition) is 2. The molecule has 1 aromatic heterocycles. The van der Waals surface area contributed by atoms with Crippen LogP contribution < -0.4 is 4.90 Å². The summed E-state index contributed by atoms with van der Waals surface area (Å²) in [6.07, 6.45) is 4.89. The Morgan fingerprint density at radius 2 is 1.05 bits per heavy atom. The average molecular weight is 782 g/mol. The predicted octanol–water partition coefficient (Wildman–Crippen LogP) is 16.5. The van der Waals surface area contributed by atoms with Gasteiger partial charge in [0.15, 0.2) is 5.58 Å². The van der Waals surface area contributed by atoms with Gasteiger partial charge in [0, 0.05) is 38.5 Å². The highest BCUT2D eigenvalue weighted by Gasteiger charge is 2.45. The minimum atomic E-state index is -0.146. The van der Waals surface area contributed by atoms with Crippen molar-refractivity contribution in [1.29, 1.82) is 0 Å². The Labute approximate surface area is 355 Å². The van der Waals surface area contributed by atoms with Gasteiger partial charge in [0.25, 0.3) is 0 Å². The SMILES string of the molecule is CC(C)(C)c1cc(C(C)(C)C)c2oc3c(N(c4ccc5c(c4)C(C)(C)c4ccccc4-5)c4ccc5c(c4)C4(CCCC4)c4ccccc4-5)cc(-c4ccccc4)cc3c2c1. The summed E-state index contributed by atoms with van der Waals surface area (Å²) in [5.41, 5.74) is 21.1. The summed E-state index contributed by atoms with van der Waals surface area (Å²) >= 11 is 0. The van der Waals surface area contributed by atoms with Crippen molar-refractivity contribution < 1.29 is 4.42 Å². The van der Waals surface area contributed by atoms with Gasteiger partial charge >= 0.3 is 0 Å². The van der Waals surface area contributed by atoms with Crippen molar-refractivity contribution in [2.75, 3.05) is 4.90 Å². The minimum Gasteiger partial charge on any atom is -0.454 e. The standard InChI is InChI=1S/C58H55NO/c1-55(2,3)38-32-46-45-30-37(36-18-10-9-11-19-36)31-52(54(45)60-53(46)51(33-38)56(4,5)6)59(39-24-26-43-41-20-12-14-22-47(41)57(7,8)49(43)34-39)40-25-27-44-42-21-13-15-23-48(42)58(50(44)35-40)28-16-17-29-58/h9-15,18-27,30-35H,16-17,28-29H2,1-8H3. The number of benzene rings is 7. The first-order valence-electron chi connectivity index (χ1n) is 22.1. The van der Waals surface area contributed by atoms with Gasteiger partial charge in [0.05, 0.1) is 5.69 Å². The maximum absolute atomic E-state index is 7.40.